The Morgan fingerprint density at radius 1 is 1.03 bits per heavy atom. The van der Waals surface area contributed by atoms with E-state index in [0.717, 1.165) is 16.4 Å². The van der Waals surface area contributed by atoms with Crippen LogP contribution < -0.4 is 15.6 Å². The third-order valence-corrected chi connectivity index (χ3v) is 4.54. The first-order valence-electron chi connectivity index (χ1n) is 9.15. The number of carbonyl (C=O) groups excluding carboxylic acids is 2. The van der Waals surface area contributed by atoms with Gasteiger partial charge in [-0.15, -0.1) is 0 Å². The van der Waals surface area contributed by atoms with Gasteiger partial charge in [0.05, 0.1) is 12.8 Å². The van der Waals surface area contributed by atoms with Gasteiger partial charge in [-0.3, -0.25) is 14.4 Å². The second-order valence-electron chi connectivity index (χ2n) is 6.52. The fraction of sp³-hybridized carbons (Fsp3) is 0.136. The molecule has 4 aromatic rings. The molecule has 1 amide bonds. The fourth-order valence-corrected chi connectivity index (χ4v) is 3.13. The number of nitrogens with zero attached hydrogens (tertiary/aromatic N) is 1. The Hall–Kier alpha value is -4.07. The topological polar surface area (TPSA) is 99.8 Å². The van der Waals surface area contributed by atoms with Crippen molar-refractivity contribution in [2.24, 2.45) is 0 Å². The number of para-hydroxylation sites is 1. The van der Waals surface area contributed by atoms with Crippen molar-refractivity contribution < 1.29 is 23.5 Å². The highest BCUT2D eigenvalue weighted by Gasteiger charge is 2.15. The van der Waals surface area contributed by atoms with Gasteiger partial charge in [-0.1, -0.05) is 24.3 Å². The Morgan fingerprint density at radius 3 is 2.63 bits per heavy atom. The summed E-state index contributed by atoms with van der Waals surface area (Å²) in [4.78, 5) is 35.8. The van der Waals surface area contributed by atoms with Crippen molar-refractivity contribution in [1.82, 2.24) is 4.57 Å². The highest BCUT2D eigenvalue weighted by atomic mass is 16.5. The zero-order valence-electron chi connectivity index (χ0n) is 16.1. The molecular weight excluding hydrogens is 388 g/mol. The Kier molecular flexibility index (Phi) is 5.21. The lowest BCUT2D eigenvalue weighted by atomic mass is 10.1. The molecule has 0 spiro atoms. The van der Waals surface area contributed by atoms with Gasteiger partial charge in [0.25, 0.3) is 11.5 Å². The molecule has 30 heavy (non-hydrogen) atoms. The van der Waals surface area contributed by atoms with Gasteiger partial charge in [0.2, 0.25) is 0 Å². The summed E-state index contributed by atoms with van der Waals surface area (Å²) in [6.45, 7) is -0.775. The molecule has 8 heteroatoms. The number of ether oxygens (including phenoxy) is 2. The van der Waals surface area contributed by atoms with E-state index >= 15 is 0 Å². The number of pyridine rings is 1. The number of rotatable bonds is 6. The number of furan rings is 1. The number of hydrogen-bond acceptors (Lipinski definition) is 6. The molecule has 4 rings (SSSR count). The molecule has 0 bridgehead atoms. The molecule has 2 aromatic carbocycles. The Labute approximate surface area is 170 Å². The molecule has 0 saturated heterocycles. The van der Waals surface area contributed by atoms with Crippen LogP contribution >= 0.6 is 0 Å². The SMILES string of the molecule is COc1cc2c(cc1NC(=O)COC(=O)Cn1ccccc1=O)oc1ccccc12. The molecule has 0 saturated carbocycles. The Morgan fingerprint density at radius 2 is 1.83 bits per heavy atom. The first kappa shape index (κ1) is 19.3. The van der Waals surface area contributed by atoms with Crippen LogP contribution in [0.3, 0.4) is 0 Å². The molecule has 0 fully saturated rings. The highest BCUT2D eigenvalue weighted by Crippen LogP contribution is 2.36. The lowest BCUT2D eigenvalue weighted by Crippen LogP contribution is -2.27. The lowest BCUT2D eigenvalue weighted by Gasteiger charge is -2.11. The van der Waals surface area contributed by atoms with Gasteiger partial charge in [0.1, 0.15) is 23.5 Å². The van der Waals surface area contributed by atoms with Gasteiger partial charge < -0.3 is 23.8 Å². The predicted molar refractivity (Wildman–Crippen MR) is 111 cm³/mol. The van der Waals surface area contributed by atoms with E-state index in [1.165, 1.54) is 23.9 Å². The van der Waals surface area contributed by atoms with Crippen LogP contribution in [0.2, 0.25) is 0 Å². The number of nitrogens with one attached hydrogen (secondary N) is 1. The number of amides is 1. The minimum atomic E-state index is -0.696. The molecule has 152 valence electrons. The maximum atomic E-state index is 12.3. The molecule has 0 atom stereocenters. The van der Waals surface area contributed by atoms with E-state index in [9.17, 15) is 14.4 Å². The minimum Gasteiger partial charge on any atom is -0.495 e. The van der Waals surface area contributed by atoms with Gasteiger partial charge in [-0.05, 0) is 18.2 Å². The van der Waals surface area contributed by atoms with Crippen LogP contribution in [-0.2, 0) is 20.9 Å². The molecule has 2 heterocycles. The molecule has 0 unspecified atom stereocenters. The van der Waals surface area contributed by atoms with E-state index in [-0.39, 0.29) is 12.1 Å². The van der Waals surface area contributed by atoms with Crippen LogP contribution in [0.5, 0.6) is 5.75 Å². The van der Waals surface area contributed by atoms with Gasteiger partial charge in [0.15, 0.2) is 6.61 Å². The van der Waals surface area contributed by atoms with E-state index < -0.39 is 18.5 Å². The number of benzene rings is 2. The quantitative estimate of drug-likeness (QED) is 0.494. The zero-order chi connectivity index (χ0) is 21.1. The second-order valence-corrected chi connectivity index (χ2v) is 6.52. The Bertz CT molecular complexity index is 1300. The monoisotopic (exact) mass is 406 g/mol. The third kappa shape index (κ3) is 3.88. The predicted octanol–water partition coefficient (Wildman–Crippen LogP) is 2.94. The van der Waals surface area contributed by atoms with Gasteiger partial charge in [0, 0.05) is 29.1 Å². The molecule has 1 N–H and O–H groups in total. The summed E-state index contributed by atoms with van der Waals surface area (Å²) in [5.41, 5.74) is 1.38. The van der Waals surface area contributed by atoms with Crippen molar-refractivity contribution in [1.29, 1.82) is 0 Å². The van der Waals surface area contributed by atoms with Crippen LogP contribution in [0.15, 0.2) is 70.0 Å². The summed E-state index contributed by atoms with van der Waals surface area (Å²) in [6.07, 6.45) is 1.47. The van der Waals surface area contributed by atoms with Crippen LogP contribution in [0.4, 0.5) is 5.69 Å². The molecule has 0 radical (unpaired) electrons. The maximum absolute atomic E-state index is 12.3. The molecule has 2 aromatic heterocycles. The third-order valence-electron chi connectivity index (χ3n) is 4.54. The highest BCUT2D eigenvalue weighted by molar-refractivity contribution is 6.07. The number of methoxy groups -OCH3 is 1. The molecular formula is C22H18N2O6. The van der Waals surface area contributed by atoms with E-state index in [1.54, 1.807) is 24.3 Å². The maximum Gasteiger partial charge on any atom is 0.326 e. The lowest BCUT2D eigenvalue weighted by molar-refractivity contribution is -0.147. The molecule has 0 aliphatic rings. The second kappa shape index (κ2) is 8.12. The minimum absolute atomic E-state index is 0.277. The van der Waals surface area contributed by atoms with Crippen LogP contribution in [0.1, 0.15) is 0 Å². The van der Waals surface area contributed by atoms with Crippen molar-refractivity contribution in [2.45, 2.75) is 6.54 Å². The van der Waals surface area contributed by atoms with Crippen LogP contribution in [-0.4, -0.2) is 30.2 Å². The summed E-state index contributed by atoms with van der Waals surface area (Å²) < 4.78 is 17.4. The number of hydrogen-bond donors (Lipinski definition) is 1. The number of fused-ring (bicyclic) bond motifs is 3. The van der Waals surface area contributed by atoms with Crippen molar-refractivity contribution >= 4 is 39.5 Å². The number of carbonyl (C=O) groups is 2. The van der Waals surface area contributed by atoms with Crippen LogP contribution in [0.25, 0.3) is 21.9 Å². The average molecular weight is 406 g/mol. The summed E-state index contributed by atoms with van der Waals surface area (Å²) in [5, 5.41) is 4.46. The van der Waals surface area contributed by atoms with Gasteiger partial charge in [-0.2, -0.15) is 0 Å². The van der Waals surface area contributed by atoms with Crippen molar-refractivity contribution in [3.05, 3.63) is 71.1 Å². The van der Waals surface area contributed by atoms with Crippen molar-refractivity contribution in [2.75, 3.05) is 19.0 Å². The van der Waals surface area contributed by atoms with Gasteiger partial charge >= 0.3 is 5.97 Å². The number of anilines is 1. The molecule has 0 aliphatic heterocycles. The van der Waals surface area contributed by atoms with Gasteiger partial charge in [-0.25, -0.2) is 0 Å². The summed E-state index contributed by atoms with van der Waals surface area (Å²) in [7, 11) is 1.50. The van der Waals surface area contributed by atoms with E-state index in [2.05, 4.69) is 5.32 Å². The fourth-order valence-electron chi connectivity index (χ4n) is 3.13. The normalized spacial score (nSPS) is 10.8. The summed E-state index contributed by atoms with van der Waals surface area (Å²) in [6, 6.07) is 15.6. The Balaban J connectivity index is 1.46. The van der Waals surface area contributed by atoms with Crippen LogP contribution in [0, 0.1) is 0 Å². The number of aromatic nitrogens is 1. The average Bonchev–Trinajstić information content (AvgIpc) is 3.10. The van der Waals surface area contributed by atoms with Crippen molar-refractivity contribution in [3.8, 4) is 5.75 Å². The number of esters is 1. The standard InChI is InChI=1S/C22H18N2O6/c1-28-19-10-15-14-6-2-3-7-17(14)30-18(15)11-16(19)23-20(25)13-29-22(27)12-24-9-5-4-8-21(24)26/h2-11H,12-13H2,1H3,(H,23,25). The van der Waals surface area contributed by atoms with E-state index in [0.29, 0.717) is 17.0 Å². The van der Waals surface area contributed by atoms with E-state index in [1.807, 2.05) is 24.3 Å². The first-order valence-corrected chi connectivity index (χ1v) is 9.15. The van der Waals surface area contributed by atoms with E-state index in [4.69, 9.17) is 13.9 Å². The largest absolute Gasteiger partial charge is 0.495 e. The molecule has 8 nitrogen and oxygen atoms in total. The van der Waals surface area contributed by atoms with Crippen molar-refractivity contribution in [3.63, 3.8) is 0 Å². The summed E-state index contributed by atoms with van der Waals surface area (Å²) in [5.74, 6) is -0.791. The molecule has 0 aliphatic carbocycles. The summed E-state index contributed by atoms with van der Waals surface area (Å²) >= 11 is 0. The first-order chi connectivity index (χ1) is 14.5. The smallest absolute Gasteiger partial charge is 0.326 e. The zero-order valence-corrected chi connectivity index (χ0v) is 16.1.